The topological polar surface area (TPSA) is 23.6 Å². The lowest BCUT2D eigenvalue weighted by molar-refractivity contribution is -0.0987. The number of aryl methyl sites for hydroxylation is 1. The summed E-state index contributed by atoms with van der Waals surface area (Å²) < 4.78 is 0. The predicted octanol–water partition coefficient (Wildman–Crippen LogP) is 3.78. The van der Waals surface area contributed by atoms with Gasteiger partial charge in [-0.2, -0.15) is 0 Å². The molecule has 0 aromatic carbocycles. The van der Waals surface area contributed by atoms with Crippen molar-refractivity contribution in [1.29, 1.82) is 0 Å². The summed E-state index contributed by atoms with van der Waals surface area (Å²) in [4.78, 5) is 18.8. The van der Waals surface area contributed by atoms with Gasteiger partial charge in [0.05, 0.1) is 5.56 Å². The standard InChI is InChI=1S/C20H28N2OS/c1-14-6-18(13-24-14)19(23)21-2-4-22(5-3-21)20-10-15-7-16(11-20)9-17(8-15)12-20/h6,13,15-17H,2-5,7-12H2,1H3. The van der Waals surface area contributed by atoms with Crippen LogP contribution in [-0.4, -0.2) is 47.4 Å². The highest BCUT2D eigenvalue weighted by atomic mass is 32.1. The van der Waals surface area contributed by atoms with Gasteiger partial charge in [0.2, 0.25) is 0 Å². The van der Waals surface area contributed by atoms with Gasteiger partial charge in [-0.15, -0.1) is 11.3 Å². The minimum Gasteiger partial charge on any atom is -0.336 e. The van der Waals surface area contributed by atoms with Gasteiger partial charge < -0.3 is 4.90 Å². The number of carbonyl (C=O) groups is 1. The van der Waals surface area contributed by atoms with Crippen LogP contribution >= 0.6 is 11.3 Å². The van der Waals surface area contributed by atoms with E-state index in [9.17, 15) is 4.79 Å². The highest BCUT2D eigenvalue weighted by molar-refractivity contribution is 7.10. The van der Waals surface area contributed by atoms with Gasteiger partial charge in [-0.1, -0.05) is 0 Å². The van der Waals surface area contributed by atoms with Crippen molar-refractivity contribution in [3.8, 4) is 0 Å². The molecule has 0 atom stereocenters. The first-order valence-corrected chi connectivity index (χ1v) is 10.6. The molecule has 4 saturated carbocycles. The van der Waals surface area contributed by atoms with Crippen molar-refractivity contribution in [2.75, 3.05) is 26.2 Å². The Morgan fingerprint density at radius 3 is 2.12 bits per heavy atom. The first kappa shape index (κ1) is 15.4. The van der Waals surface area contributed by atoms with Crippen LogP contribution < -0.4 is 0 Å². The fourth-order valence-corrected chi connectivity index (χ4v) is 7.25. The van der Waals surface area contributed by atoms with Gasteiger partial charge in [0.15, 0.2) is 0 Å². The van der Waals surface area contributed by atoms with Crippen LogP contribution in [0.1, 0.15) is 53.8 Å². The Labute approximate surface area is 149 Å². The Bertz CT molecular complexity index is 609. The molecule has 1 saturated heterocycles. The molecule has 0 spiro atoms. The molecule has 5 fully saturated rings. The molecule has 1 aromatic rings. The summed E-state index contributed by atoms with van der Waals surface area (Å²) in [5, 5.41) is 2.02. The third-order valence-electron chi connectivity index (χ3n) is 7.22. The number of amides is 1. The molecule has 0 unspecified atom stereocenters. The molecule has 0 radical (unpaired) electrons. The second-order valence-corrected chi connectivity index (χ2v) is 9.98. The number of nitrogens with zero attached hydrogens (tertiary/aromatic N) is 2. The summed E-state index contributed by atoms with van der Waals surface area (Å²) in [6, 6.07) is 2.04. The van der Waals surface area contributed by atoms with E-state index in [4.69, 9.17) is 0 Å². The molecule has 3 nitrogen and oxygen atoms in total. The summed E-state index contributed by atoms with van der Waals surface area (Å²) in [5.74, 6) is 3.25. The summed E-state index contributed by atoms with van der Waals surface area (Å²) in [5.41, 5.74) is 1.39. The van der Waals surface area contributed by atoms with E-state index in [2.05, 4.69) is 16.7 Å². The van der Waals surface area contributed by atoms with Crippen LogP contribution in [0.15, 0.2) is 11.4 Å². The predicted molar refractivity (Wildman–Crippen MR) is 97.4 cm³/mol. The van der Waals surface area contributed by atoms with E-state index >= 15 is 0 Å². The third kappa shape index (κ3) is 2.45. The van der Waals surface area contributed by atoms with E-state index in [1.807, 2.05) is 11.4 Å². The average Bonchev–Trinajstić information content (AvgIpc) is 3.00. The first-order valence-electron chi connectivity index (χ1n) is 9.71. The maximum Gasteiger partial charge on any atom is 0.254 e. The lowest BCUT2D eigenvalue weighted by Crippen LogP contribution is -2.64. The molecule has 1 amide bonds. The van der Waals surface area contributed by atoms with Crippen molar-refractivity contribution in [2.24, 2.45) is 17.8 Å². The zero-order valence-corrected chi connectivity index (χ0v) is 15.5. The van der Waals surface area contributed by atoms with Gasteiger partial charge in [0.1, 0.15) is 0 Å². The lowest BCUT2D eigenvalue weighted by Gasteiger charge is -2.61. The zero-order chi connectivity index (χ0) is 16.3. The molecular formula is C20H28N2OS. The van der Waals surface area contributed by atoms with Crippen LogP contribution in [0.5, 0.6) is 0 Å². The van der Waals surface area contributed by atoms with Crippen molar-refractivity contribution in [3.05, 3.63) is 21.9 Å². The third-order valence-corrected chi connectivity index (χ3v) is 8.08. The monoisotopic (exact) mass is 344 g/mol. The van der Waals surface area contributed by atoms with Gasteiger partial charge in [-0.05, 0) is 69.3 Å². The van der Waals surface area contributed by atoms with E-state index in [1.54, 1.807) is 11.3 Å². The highest BCUT2D eigenvalue weighted by Crippen LogP contribution is 2.57. The molecule has 2 heterocycles. The molecule has 24 heavy (non-hydrogen) atoms. The molecular weight excluding hydrogens is 316 g/mol. The maximum atomic E-state index is 12.7. The van der Waals surface area contributed by atoms with Gasteiger partial charge in [0, 0.05) is 42.0 Å². The number of hydrogen-bond acceptors (Lipinski definition) is 3. The molecule has 4 aliphatic carbocycles. The summed E-state index contributed by atoms with van der Waals surface area (Å²) >= 11 is 1.68. The van der Waals surface area contributed by atoms with E-state index in [-0.39, 0.29) is 5.91 Å². The molecule has 1 aliphatic heterocycles. The van der Waals surface area contributed by atoms with Crippen molar-refractivity contribution in [3.63, 3.8) is 0 Å². The van der Waals surface area contributed by atoms with Gasteiger partial charge in [0.25, 0.3) is 5.91 Å². The maximum absolute atomic E-state index is 12.7. The number of rotatable bonds is 2. The zero-order valence-electron chi connectivity index (χ0n) is 14.7. The normalized spacial score (nSPS) is 38.7. The molecule has 5 aliphatic rings. The largest absolute Gasteiger partial charge is 0.336 e. The Morgan fingerprint density at radius 1 is 1.04 bits per heavy atom. The number of thiophene rings is 1. The van der Waals surface area contributed by atoms with E-state index in [0.29, 0.717) is 5.54 Å². The van der Waals surface area contributed by atoms with Crippen LogP contribution in [0, 0.1) is 24.7 Å². The van der Waals surface area contributed by atoms with Gasteiger partial charge >= 0.3 is 0 Å². The quantitative estimate of drug-likeness (QED) is 0.815. The number of carbonyl (C=O) groups excluding carboxylic acids is 1. The number of piperazine rings is 1. The van der Waals surface area contributed by atoms with Crippen molar-refractivity contribution in [1.82, 2.24) is 9.80 Å². The Morgan fingerprint density at radius 2 is 1.62 bits per heavy atom. The lowest BCUT2D eigenvalue weighted by atomic mass is 9.52. The van der Waals surface area contributed by atoms with E-state index < -0.39 is 0 Å². The fourth-order valence-electron chi connectivity index (χ4n) is 6.57. The Hall–Kier alpha value is -0.870. The first-order chi connectivity index (χ1) is 11.6. The second-order valence-electron chi connectivity index (χ2n) is 8.87. The Balaban J connectivity index is 1.26. The highest BCUT2D eigenvalue weighted by Gasteiger charge is 2.53. The SMILES string of the molecule is Cc1cc(C(=O)N2CCN(C34CC5CC(CC(C5)C3)C4)CC2)cs1. The summed E-state index contributed by atoms with van der Waals surface area (Å²) in [6.07, 6.45) is 8.85. The smallest absolute Gasteiger partial charge is 0.254 e. The van der Waals surface area contributed by atoms with E-state index in [0.717, 1.165) is 49.5 Å². The number of hydrogen-bond donors (Lipinski definition) is 0. The van der Waals surface area contributed by atoms with Crippen LogP contribution in [0.4, 0.5) is 0 Å². The fraction of sp³-hybridized carbons (Fsp3) is 0.750. The second kappa shape index (κ2) is 5.57. The van der Waals surface area contributed by atoms with Gasteiger partial charge in [-0.25, -0.2) is 0 Å². The van der Waals surface area contributed by atoms with Crippen molar-refractivity contribution in [2.45, 2.75) is 51.0 Å². The van der Waals surface area contributed by atoms with E-state index in [1.165, 1.54) is 43.4 Å². The van der Waals surface area contributed by atoms with Crippen molar-refractivity contribution >= 4 is 17.2 Å². The summed E-state index contributed by atoms with van der Waals surface area (Å²) in [7, 11) is 0. The molecule has 130 valence electrons. The van der Waals surface area contributed by atoms with Gasteiger partial charge in [-0.3, -0.25) is 9.69 Å². The minimum atomic E-state index is 0.240. The molecule has 4 bridgehead atoms. The van der Waals surface area contributed by atoms with Crippen LogP contribution in [-0.2, 0) is 0 Å². The molecule has 0 N–H and O–H groups in total. The molecule has 4 heteroatoms. The van der Waals surface area contributed by atoms with Crippen LogP contribution in [0.3, 0.4) is 0 Å². The van der Waals surface area contributed by atoms with Crippen LogP contribution in [0.2, 0.25) is 0 Å². The van der Waals surface area contributed by atoms with Crippen LogP contribution in [0.25, 0.3) is 0 Å². The van der Waals surface area contributed by atoms with Crippen molar-refractivity contribution < 1.29 is 4.79 Å². The molecule has 1 aromatic heterocycles. The molecule has 6 rings (SSSR count). The average molecular weight is 345 g/mol. The minimum absolute atomic E-state index is 0.240. The Kier molecular flexibility index (Phi) is 3.57. The summed E-state index contributed by atoms with van der Waals surface area (Å²) in [6.45, 7) is 6.07.